The van der Waals surface area contributed by atoms with E-state index in [9.17, 15) is 0 Å². The second-order valence-corrected chi connectivity index (χ2v) is 9.86. The van der Waals surface area contributed by atoms with Crippen molar-refractivity contribution in [3.63, 3.8) is 0 Å². The van der Waals surface area contributed by atoms with Crippen LogP contribution >= 0.6 is 23.6 Å². The van der Waals surface area contributed by atoms with Gasteiger partial charge in [0.1, 0.15) is 5.01 Å². The Labute approximate surface area is 190 Å². The molecule has 0 amide bonds. The summed E-state index contributed by atoms with van der Waals surface area (Å²) in [7, 11) is 0. The molecule has 0 bridgehead atoms. The van der Waals surface area contributed by atoms with Crippen LogP contribution in [0.1, 0.15) is 49.2 Å². The molecule has 158 valence electrons. The zero-order chi connectivity index (χ0) is 20.8. The highest BCUT2D eigenvalue weighted by Crippen LogP contribution is 2.39. The Bertz CT molecular complexity index is 1240. The molecule has 6 rings (SSSR count). The number of hydrogen-bond donors (Lipinski definition) is 0. The van der Waals surface area contributed by atoms with Crippen molar-refractivity contribution >= 4 is 33.8 Å². The summed E-state index contributed by atoms with van der Waals surface area (Å²) in [5, 5.41) is 6.19. The molecule has 0 spiro atoms. The number of likely N-dealkylation sites (tertiary alicyclic amines) is 1. The van der Waals surface area contributed by atoms with Crippen molar-refractivity contribution in [2.24, 2.45) is 0 Å². The summed E-state index contributed by atoms with van der Waals surface area (Å²) >= 11 is 7.73. The van der Waals surface area contributed by atoms with E-state index in [1.54, 1.807) is 6.20 Å². The molecule has 4 aromatic rings. The maximum Gasteiger partial charge on any atom is 0.199 e. The van der Waals surface area contributed by atoms with Crippen LogP contribution in [0.15, 0.2) is 48.8 Å². The molecule has 1 saturated heterocycles. The SMILES string of the molecule is S=c1n(CN2CCCCC2c2nc3ccccc3s2)nc(-c2cccnc2)n1C1CC1. The van der Waals surface area contributed by atoms with Gasteiger partial charge in [-0.1, -0.05) is 18.6 Å². The molecule has 0 N–H and O–H groups in total. The van der Waals surface area contributed by atoms with E-state index in [0.29, 0.717) is 18.8 Å². The molecule has 1 aromatic carbocycles. The zero-order valence-corrected chi connectivity index (χ0v) is 18.9. The number of rotatable bonds is 5. The number of piperidine rings is 1. The monoisotopic (exact) mass is 448 g/mol. The lowest BCUT2D eigenvalue weighted by atomic mass is 10.0. The molecule has 3 aromatic heterocycles. The van der Waals surface area contributed by atoms with Crippen LogP contribution in [0.2, 0.25) is 0 Å². The fourth-order valence-electron chi connectivity index (χ4n) is 4.51. The van der Waals surface area contributed by atoms with Crippen molar-refractivity contribution in [3.8, 4) is 11.4 Å². The molecule has 6 nitrogen and oxygen atoms in total. The van der Waals surface area contributed by atoms with Crippen LogP contribution in [0.5, 0.6) is 0 Å². The third-order valence-electron chi connectivity index (χ3n) is 6.23. The first-order chi connectivity index (χ1) is 15.3. The van der Waals surface area contributed by atoms with Crippen LogP contribution in [-0.4, -0.2) is 35.8 Å². The minimum absolute atomic E-state index is 0.320. The second kappa shape index (κ2) is 7.93. The summed E-state index contributed by atoms with van der Waals surface area (Å²) in [5.74, 6) is 0.939. The van der Waals surface area contributed by atoms with Crippen LogP contribution < -0.4 is 0 Å². The van der Waals surface area contributed by atoms with Crippen molar-refractivity contribution in [1.82, 2.24) is 29.2 Å². The van der Waals surface area contributed by atoms with Gasteiger partial charge in [-0.15, -0.1) is 11.3 Å². The highest BCUT2D eigenvalue weighted by molar-refractivity contribution is 7.71. The summed E-state index contributed by atoms with van der Waals surface area (Å²) in [6.45, 7) is 1.74. The molecule has 2 fully saturated rings. The predicted octanol–water partition coefficient (Wildman–Crippen LogP) is 5.61. The molecule has 2 aliphatic rings. The van der Waals surface area contributed by atoms with E-state index in [0.717, 1.165) is 34.6 Å². The maximum atomic E-state index is 5.91. The highest BCUT2D eigenvalue weighted by atomic mass is 32.1. The van der Waals surface area contributed by atoms with Gasteiger partial charge in [-0.2, -0.15) is 5.10 Å². The summed E-state index contributed by atoms with van der Waals surface area (Å²) in [6, 6.07) is 13.2. The number of benzene rings is 1. The summed E-state index contributed by atoms with van der Waals surface area (Å²) in [4.78, 5) is 11.8. The van der Waals surface area contributed by atoms with Crippen LogP contribution in [0.25, 0.3) is 21.6 Å². The Hall–Kier alpha value is -2.42. The first-order valence-electron chi connectivity index (χ1n) is 11.0. The average Bonchev–Trinajstić information content (AvgIpc) is 3.47. The molecular weight excluding hydrogens is 424 g/mol. The number of fused-ring (bicyclic) bond motifs is 1. The van der Waals surface area contributed by atoms with Crippen LogP contribution in [0, 0.1) is 4.77 Å². The molecule has 1 aliphatic heterocycles. The minimum Gasteiger partial charge on any atom is -0.297 e. The van der Waals surface area contributed by atoms with E-state index in [1.165, 1.54) is 35.4 Å². The molecule has 1 atom stereocenters. The third-order valence-corrected chi connectivity index (χ3v) is 7.77. The smallest absolute Gasteiger partial charge is 0.199 e. The first-order valence-corrected chi connectivity index (χ1v) is 12.2. The van der Waals surface area contributed by atoms with E-state index < -0.39 is 0 Å². The molecular formula is C23H24N6S2. The Morgan fingerprint density at radius 2 is 1.97 bits per heavy atom. The number of para-hydroxylation sites is 1. The molecule has 0 radical (unpaired) electrons. The normalized spacial score (nSPS) is 19.8. The van der Waals surface area contributed by atoms with E-state index in [-0.39, 0.29) is 0 Å². The minimum atomic E-state index is 0.320. The quantitative estimate of drug-likeness (QED) is 0.372. The Kier molecular flexibility index (Phi) is 4.93. The average molecular weight is 449 g/mol. The molecule has 1 aliphatic carbocycles. The van der Waals surface area contributed by atoms with Crippen molar-refractivity contribution in [3.05, 3.63) is 58.6 Å². The van der Waals surface area contributed by atoms with Crippen molar-refractivity contribution in [2.75, 3.05) is 6.54 Å². The lowest BCUT2D eigenvalue weighted by molar-refractivity contribution is 0.103. The number of thiazole rings is 1. The highest BCUT2D eigenvalue weighted by Gasteiger charge is 2.31. The van der Waals surface area contributed by atoms with E-state index in [4.69, 9.17) is 22.3 Å². The van der Waals surface area contributed by atoms with E-state index in [2.05, 4.69) is 44.8 Å². The number of aromatic nitrogens is 5. The van der Waals surface area contributed by atoms with Gasteiger partial charge in [0.2, 0.25) is 0 Å². The summed E-state index contributed by atoms with van der Waals surface area (Å²) < 4.78 is 6.33. The van der Waals surface area contributed by atoms with Gasteiger partial charge in [0, 0.05) is 30.5 Å². The predicted molar refractivity (Wildman–Crippen MR) is 125 cm³/mol. The Morgan fingerprint density at radius 3 is 2.77 bits per heavy atom. The molecule has 31 heavy (non-hydrogen) atoms. The maximum absolute atomic E-state index is 5.91. The zero-order valence-electron chi connectivity index (χ0n) is 17.2. The van der Waals surface area contributed by atoms with Gasteiger partial charge < -0.3 is 0 Å². The number of nitrogens with zero attached hydrogens (tertiary/aromatic N) is 6. The van der Waals surface area contributed by atoms with Crippen LogP contribution in [-0.2, 0) is 6.67 Å². The van der Waals surface area contributed by atoms with Crippen molar-refractivity contribution < 1.29 is 0 Å². The Balaban J connectivity index is 1.35. The van der Waals surface area contributed by atoms with Gasteiger partial charge >= 0.3 is 0 Å². The molecule has 8 heteroatoms. The van der Waals surface area contributed by atoms with Crippen molar-refractivity contribution in [1.29, 1.82) is 0 Å². The van der Waals surface area contributed by atoms with Gasteiger partial charge in [-0.05, 0) is 62.2 Å². The van der Waals surface area contributed by atoms with Gasteiger partial charge in [0.05, 0.1) is 22.9 Å². The lowest BCUT2D eigenvalue weighted by Gasteiger charge is -2.34. The standard InChI is InChI=1S/C23H24N6S2/c30-23-28(26-21(29(23)17-10-11-17)16-6-5-12-24-14-16)15-27-13-4-3-8-19(27)22-25-18-7-1-2-9-20(18)31-22/h1-2,5-7,9,12,14,17,19H,3-4,8,10-11,13,15H2. The van der Waals surface area contributed by atoms with Crippen LogP contribution in [0.4, 0.5) is 0 Å². The Morgan fingerprint density at radius 1 is 1.06 bits per heavy atom. The second-order valence-electron chi connectivity index (χ2n) is 8.43. The number of pyridine rings is 1. The van der Waals surface area contributed by atoms with Gasteiger partial charge in [-0.25, -0.2) is 9.67 Å². The van der Waals surface area contributed by atoms with Gasteiger partial charge in [0.15, 0.2) is 10.6 Å². The fraction of sp³-hybridized carbons (Fsp3) is 0.391. The first kappa shape index (κ1) is 19.3. The van der Waals surface area contributed by atoms with E-state index in [1.807, 2.05) is 28.3 Å². The van der Waals surface area contributed by atoms with Crippen LogP contribution in [0.3, 0.4) is 0 Å². The topological polar surface area (TPSA) is 51.8 Å². The third kappa shape index (κ3) is 3.62. The summed E-state index contributed by atoms with van der Waals surface area (Å²) in [5.41, 5.74) is 2.13. The number of hydrogen-bond acceptors (Lipinski definition) is 6. The van der Waals surface area contributed by atoms with E-state index >= 15 is 0 Å². The molecule has 1 unspecified atom stereocenters. The van der Waals surface area contributed by atoms with Crippen molar-refractivity contribution in [2.45, 2.75) is 50.9 Å². The summed E-state index contributed by atoms with van der Waals surface area (Å²) in [6.07, 6.45) is 9.59. The fourth-order valence-corrected chi connectivity index (χ4v) is 5.98. The van der Waals surface area contributed by atoms with Gasteiger partial charge in [0.25, 0.3) is 0 Å². The molecule has 4 heterocycles. The van der Waals surface area contributed by atoms with Gasteiger partial charge in [-0.3, -0.25) is 14.5 Å². The lowest BCUT2D eigenvalue weighted by Crippen LogP contribution is -2.35. The largest absolute Gasteiger partial charge is 0.297 e. The molecule has 1 saturated carbocycles.